The molecule has 0 atom stereocenters. The van der Waals surface area contributed by atoms with Gasteiger partial charge in [-0.3, -0.25) is 0 Å². The summed E-state index contributed by atoms with van der Waals surface area (Å²) >= 11 is 5.78. The first-order valence-electron chi connectivity index (χ1n) is 7.60. The first kappa shape index (κ1) is 17.8. The minimum atomic E-state index is -3.58. The predicted molar refractivity (Wildman–Crippen MR) is 94.9 cm³/mol. The summed E-state index contributed by atoms with van der Waals surface area (Å²) in [7, 11) is -3.58. The van der Waals surface area contributed by atoms with E-state index in [1.54, 1.807) is 6.07 Å². The maximum absolute atomic E-state index is 13.3. The fourth-order valence-electron chi connectivity index (χ4n) is 2.42. The molecule has 7 nitrogen and oxygen atoms in total. The van der Waals surface area contributed by atoms with Crippen LogP contribution in [-0.4, -0.2) is 50.8 Å². The van der Waals surface area contributed by atoms with Gasteiger partial charge in [0, 0.05) is 44.2 Å². The SMILES string of the molecule is CS(=O)(=O)c1nc(Nc2ccc(F)c(Cl)c2)cc(N2CCNCC2)n1. The first-order valence-corrected chi connectivity index (χ1v) is 9.87. The van der Waals surface area contributed by atoms with Gasteiger partial charge >= 0.3 is 0 Å². The number of hydrogen-bond donors (Lipinski definition) is 2. The van der Waals surface area contributed by atoms with Crippen molar-refractivity contribution in [1.29, 1.82) is 0 Å². The number of piperazine rings is 1. The predicted octanol–water partition coefficient (Wildman–Crippen LogP) is 1.83. The summed E-state index contributed by atoms with van der Waals surface area (Å²) in [6, 6.07) is 5.79. The normalized spacial score (nSPS) is 15.2. The van der Waals surface area contributed by atoms with Crippen molar-refractivity contribution in [2.45, 2.75) is 5.16 Å². The van der Waals surface area contributed by atoms with Gasteiger partial charge in [0.2, 0.25) is 9.84 Å². The van der Waals surface area contributed by atoms with Gasteiger partial charge in [-0.2, -0.15) is 0 Å². The van der Waals surface area contributed by atoms with E-state index in [1.165, 1.54) is 18.2 Å². The van der Waals surface area contributed by atoms with Crippen molar-refractivity contribution in [3.63, 3.8) is 0 Å². The number of nitrogens with zero attached hydrogens (tertiary/aromatic N) is 3. The number of aromatic nitrogens is 2. The highest BCUT2D eigenvalue weighted by Gasteiger charge is 2.19. The molecule has 1 aliphatic heterocycles. The van der Waals surface area contributed by atoms with Crippen LogP contribution in [0, 0.1) is 5.82 Å². The van der Waals surface area contributed by atoms with Crippen molar-refractivity contribution in [3.05, 3.63) is 35.1 Å². The molecule has 1 aromatic heterocycles. The Bertz CT molecular complexity index is 887. The summed E-state index contributed by atoms with van der Waals surface area (Å²) in [5.74, 6) is 0.285. The van der Waals surface area contributed by atoms with Gasteiger partial charge in [0.1, 0.15) is 17.5 Å². The van der Waals surface area contributed by atoms with Gasteiger partial charge in [-0.25, -0.2) is 22.8 Å². The van der Waals surface area contributed by atoms with Crippen LogP contribution in [0.4, 0.5) is 21.7 Å². The number of rotatable bonds is 4. The molecule has 1 aromatic carbocycles. The fraction of sp³-hybridized carbons (Fsp3) is 0.333. The highest BCUT2D eigenvalue weighted by atomic mass is 35.5. The van der Waals surface area contributed by atoms with E-state index >= 15 is 0 Å². The van der Waals surface area contributed by atoms with Gasteiger partial charge in [-0.15, -0.1) is 0 Å². The molecule has 1 saturated heterocycles. The second-order valence-electron chi connectivity index (χ2n) is 5.66. The Labute approximate surface area is 150 Å². The first-order chi connectivity index (χ1) is 11.8. The molecule has 0 radical (unpaired) electrons. The molecule has 2 heterocycles. The van der Waals surface area contributed by atoms with Crippen molar-refractivity contribution in [2.24, 2.45) is 0 Å². The van der Waals surface area contributed by atoms with Gasteiger partial charge in [0.05, 0.1) is 5.02 Å². The molecular formula is C15H17ClFN5O2S. The van der Waals surface area contributed by atoms with E-state index in [1.807, 2.05) is 4.90 Å². The largest absolute Gasteiger partial charge is 0.354 e. The second kappa shape index (κ2) is 7.11. The number of anilines is 3. The number of halogens is 2. The topological polar surface area (TPSA) is 87.2 Å². The number of hydrogen-bond acceptors (Lipinski definition) is 7. The third-order valence-corrected chi connectivity index (χ3v) is 4.79. The Morgan fingerprint density at radius 3 is 2.60 bits per heavy atom. The van der Waals surface area contributed by atoms with Gasteiger partial charge in [-0.05, 0) is 18.2 Å². The molecule has 0 saturated carbocycles. The van der Waals surface area contributed by atoms with Crippen molar-refractivity contribution >= 4 is 38.8 Å². The molecule has 0 spiro atoms. The number of nitrogens with one attached hydrogen (secondary N) is 2. The summed E-state index contributed by atoms with van der Waals surface area (Å²) < 4.78 is 37.1. The molecule has 3 rings (SSSR count). The van der Waals surface area contributed by atoms with Crippen LogP contribution >= 0.6 is 11.6 Å². The highest BCUT2D eigenvalue weighted by molar-refractivity contribution is 7.90. The zero-order valence-corrected chi connectivity index (χ0v) is 15.0. The van der Waals surface area contributed by atoms with Crippen LogP contribution in [0.1, 0.15) is 0 Å². The molecule has 134 valence electrons. The lowest BCUT2D eigenvalue weighted by molar-refractivity contribution is 0.577. The molecule has 1 aliphatic rings. The summed E-state index contributed by atoms with van der Waals surface area (Å²) in [6.07, 6.45) is 1.06. The molecule has 0 aliphatic carbocycles. The average Bonchev–Trinajstić information content (AvgIpc) is 2.58. The van der Waals surface area contributed by atoms with E-state index < -0.39 is 15.7 Å². The van der Waals surface area contributed by atoms with Crippen LogP contribution in [0.3, 0.4) is 0 Å². The monoisotopic (exact) mass is 385 g/mol. The molecule has 1 fully saturated rings. The average molecular weight is 386 g/mol. The zero-order valence-electron chi connectivity index (χ0n) is 13.5. The van der Waals surface area contributed by atoms with E-state index in [9.17, 15) is 12.8 Å². The van der Waals surface area contributed by atoms with Crippen molar-refractivity contribution in [3.8, 4) is 0 Å². The van der Waals surface area contributed by atoms with Crippen molar-refractivity contribution < 1.29 is 12.8 Å². The number of sulfone groups is 1. The Hall–Kier alpha value is -1.97. The van der Waals surface area contributed by atoms with Crippen LogP contribution in [-0.2, 0) is 9.84 Å². The van der Waals surface area contributed by atoms with E-state index in [2.05, 4.69) is 20.6 Å². The van der Waals surface area contributed by atoms with Crippen LogP contribution < -0.4 is 15.5 Å². The molecule has 25 heavy (non-hydrogen) atoms. The molecule has 2 N–H and O–H groups in total. The standard InChI is InChI=1S/C15H17ClFN5O2S/c1-25(23,24)15-20-13(19-10-2-3-12(17)11(16)8-10)9-14(21-15)22-6-4-18-5-7-22/h2-3,8-9,18H,4-7H2,1H3,(H,19,20,21). The lowest BCUT2D eigenvalue weighted by Gasteiger charge is -2.28. The molecule has 0 amide bonds. The summed E-state index contributed by atoms with van der Waals surface area (Å²) in [5.41, 5.74) is 0.496. The minimum absolute atomic E-state index is 0.0373. The van der Waals surface area contributed by atoms with Gasteiger partial charge in [0.15, 0.2) is 0 Å². The van der Waals surface area contributed by atoms with E-state index in [4.69, 9.17) is 11.6 Å². The smallest absolute Gasteiger partial charge is 0.250 e. The maximum Gasteiger partial charge on any atom is 0.250 e. The maximum atomic E-state index is 13.3. The minimum Gasteiger partial charge on any atom is -0.354 e. The van der Waals surface area contributed by atoms with Gasteiger partial charge in [0.25, 0.3) is 5.16 Å². The lowest BCUT2D eigenvalue weighted by Crippen LogP contribution is -2.44. The van der Waals surface area contributed by atoms with Crippen LogP contribution in [0.15, 0.2) is 29.4 Å². The fourth-order valence-corrected chi connectivity index (χ4v) is 3.12. The Balaban J connectivity index is 1.97. The molecule has 0 bridgehead atoms. The summed E-state index contributed by atoms with van der Waals surface area (Å²) in [5, 5.41) is 5.88. The van der Waals surface area contributed by atoms with Crippen molar-refractivity contribution in [2.75, 3.05) is 42.7 Å². The summed E-state index contributed by atoms with van der Waals surface area (Å²) in [4.78, 5) is 10.2. The van der Waals surface area contributed by atoms with E-state index in [-0.39, 0.29) is 10.2 Å². The van der Waals surface area contributed by atoms with Crippen LogP contribution in [0.2, 0.25) is 5.02 Å². The van der Waals surface area contributed by atoms with Crippen LogP contribution in [0.25, 0.3) is 0 Å². The lowest BCUT2D eigenvalue weighted by atomic mass is 10.3. The van der Waals surface area contributed by atoms with Gasteiger partial charge < -0.3 is 15.5 Å². The Morgan fingerprint density at radius 2 is 1.96 bits per heavy atom. The molecule has 0 unspecified atom stereocenters. The van der Waals surface area contributed by atoms with Crippen LogP contribution in [0.5, 0.6) is 0 Å². The quantitative estimate of drug-likeness (QED) is 0.776. The third kappa shape index (κ3) is 4.36. The summed E-state index contributed by atoms with van der Waals surface area (Å²) in [6.45, 7) is 2.99. The molecule has 2 aromatic rings. The van der Waals surface area contributed by atoms with E-state index in [0.717, 1.165) is 19.3 Å². The Morgan fingerprint density at radius 1 is 1.24 bits per heavy atom. The van der Waals surface area contributed by atoms with Crippen molar-refractivity contribution in [1.82, 2.24) is 15.3 Å². The van der Waals surface area contributed by atoms with E-state index in [0.29, 0.717) is 30.4 Å². The zero-order chi connectivity index (χ0) is 18.0. The molecular weight excluding hydrogens is 369 g/mol. The number of benzene rings is 1. The molecule has 10 heteroatoms. The third-order valence-electron chi connectivity index (χ3n) is 3.66. The second-order valence-corrected chi connectivity index (χ2v) is 7.97. The highest BCUT2D eigenvalue weighted by Crippen LogP contribution is 2.25. The Kier molecular flexibility index (Phi) is 5.07. The van der Waals surface area contributed by atoms with Gasteiger partial charge in [-0.1, -0.05) is 11.6 Å².